The largest absolute Gasteiger partial charge is 0.319 e. The van der Waals surface area contributed by atoms with Crippen LogP contribution in [0.25, 0.3) is 0 Å². The maximum atomic E-state index is 13.9. The highest BCUT2D eigenvalue weighted by Gasteiger charge is 2.09. The molecule has 3 aromatic rings. The minimum Gasteiger partial charge on any atom is -0.319 e. The fourth-order valence-electron chi connectivity index (χ4n) is 2.40. The molecule has 9 heteroatoms. The van der Waals surface area contributed by atoms with Crippen molar-refractivity contribution in [3.05, 3.63) is 81.9 Å². The normalized spacial score (nSPS) is 12.1. The van der Waals surface area contributed by atoms with Crippen LogP contribution >= 0.6 is 11.3 Å². The van der Waals surface area contributed by atoms with Crippen molar-refractivity contribution in [3.63, 3.8) is 0 Å². The SMILES string of the molecule is CS(=O)(=O)Nc1cccc(C(=O)N=c2sccn2Cc2ccccc2F)c1. The van der Waals surface area contributed by atoms with E-state index in [1.54, 1.807) is 52.5 Å². The molecule has 0 aliphatic carbocycles. The highest BCUT2D eigenvalue weighted by Crippen LogP contribution is 2.13. The van der Waals surface area contributed by atoms with E-state index < -0.39 is 15.9 Å². The van der Waals surface area contributed by atoms with Gasteiger partial charge in [-0.15, -0.1) is 11.3 Å². The van der Waals surface area contributed by atoms with Gasteiger partial charge in [0.05, 0.1) is 12.8 Å². The Kier molecular flexibility index (Phi) is 5.52. The average molecular weight is 405 g/mol. The maximum Gasteiger partial charge on any atom is 0.279 e. The number of sulfonamides is 1. The number of hydrogen-bond donors (Lipinski definition) is 1. The molecule has 3 rings (SSSR count). The third-order valence-electron chi connectivity index (χ3n) is 3.57. The van der Waals surface area contributed by atoms with Gasteiger partial charge in [0.2, 0.25) is 10.0 Å². The molecule has 1 N–H and O–H groups in total. The predicted molar refractivity (Wildman–Crippen MR) is 103 cm³/mol. The van der Waals surface area contributed by atoms with Crippen LogP contribution in [0.4, 0.5) is 10.1 Å². The van der Waals surface area contributed by atoms with Gasteiger partial charge in [-0.25, -0.2) is 12.8 Å². The summed E-state index contributed by atoms with van der Waals surface area (Å²) in [6, 6.07) is 12.5. The van der Waals surface area contributed by atoms with Crippen LogP contribution in [-0.2, 0) is 16.6 Å². The van der Waals surface area contributed by atoms with E-state index in [-0.39, 0.29) is 23.6 Å². The molecule has 0 saturated heterocycles. The van der Waals surface area contributed by atoms with Crippen LogP contribution < -0.4 is 9.52 Å². The molecule has 1 aromatic heterocycles. The number of nitrogens with one attached hydrogen (secondary N) is 1. The Labute approximate surface area is 159 Å². The van der Waals surface area contributed by atoms with E-state index in [1.165, 1.54) is 23.5 Å². The second kappa shape index (κ2) is 7.85. The Morgan fingerprint density at radius 3 is 2.74 bits per heavy atom. The number of hydrogen-bond acceptors (Lipinski definition) is 4. The second-order valence-electron chi connectivity index (χ2n) is 5.78. The van der Waals surface area contributed by atoms with Gasteiger partial charge < -0.3 is 4.57 Å². The molecular formula is C18H16FN3O3S2. The molecule has 1 heterocycles. The van der Waals surface area contributed by atoms with Crippen molar-refractivity contribution in [2.45, 2.75) is 6.54 Å². The fraction of sp³-hybridized carbons (Fsp3) is 0.111. The molecule has 1 amide bonds. The number of rotatable bonds is 5. The Morgan fingerprint density at radius 2 is 2.00 bits per heavy atom. The van der Waals surface area contributed by atoms with Crippen LogP contribution in [0.3, 0.4) is 0 Å². The number of carbonyl (C=O) groups is 1. The number of aromatic nitrogens is 1. The maximum absolute atomic E-state index is 13.9. The molecule has 0 spiro atoms. The Balaban J connectivity index is 1.88. The van der Waals surface area contributed by atoms with Gasteiger partial charge in [0.25, 0.3) is 5.91 Å². The van der Waals surface area contributed by atoms with E-state index >= 15 is 0 Å². The van der Waals surface area contributed by atoms with Gasteiger partial charge in [-0.1, -0.05) is 24.3 Å². The zero-order valence-corrected chi connectivity index (χ0v) is 15.9. The van der Waals surface area contributed by atoms with Crippen molar-refractivity contribution in [2.24, 2.45) is 4.99 Å². The van der Waals surface area contributed by atoms with Crippen LogP contribution in [0.2, 0.25) is 0 Å². The first-order valence-electron chi connectivity index (χ1n) is 7.86. The molecule has 27 heavy (non-hydrogen) atoms. The number of thiazole rings is 1. The summed E-state index contributed by atoms with van der Waals surface area (Å²) < 4.78 is 40.5. The van der Waals surface area contributed by atoms with Crippen molar-refractivity contribution in [3.8, 4) is 0 Å². The van der Waals surface area contributed by atoms with Gasteiger partial charge in [0, 0.05) is 28.4 Å². The fourth-order valence-corrected chi connectivity index (χ4v) is 3.68. The lowest BCUT2D eigenvalue weighted by Crippen LogP contribution is -2.17. The van der Waals surface area contributed by atoms with Gasteiger partial charge in [-0.05, 0) is 24.3 Å². The van der Waals surface area contributed by atoms with Crippen LogP contribution in [0.5, 0.6) is 0 Å². The first-order valence-corrected chi connectivity index (χ1v) is 10.6. The minimum absolute atomic E-state index is 0.245. The summed E-state index contributed by atoms with van der Waals surface area (Å²) in [5.41, 5.74) is 1.02. The predicted octanol–water partition coefficient (Wildman–Crippen LogP) is 2.85. The summed E-state index contributed by atoms with van der Waals surface area (Å²) in [4.78, 5) is 17.0. The summed E-state index contributed by atoms with van der Waals surface area (Å²) in [7, 11) is -3.44. The molecule has 140 valence electrons. The smallest absolute Gasteiger partial charge is 0.279 e. The van der Waals surface area contributed by atoms with Crippen molar-refractivity contribution < 1.29 is 17.6 Å². The standard InChI is InChI=1S/C18H16FN3O3S2/c1-27(24,25)21-15-7-4-6-13(11-15)17(23)20-18-22(9-10-26-18)12-14-5-2-3-8-16(14)19/h2-11,21H,12H2,1H3. The molecule has 0 aliphatic rings. The molecule has 0 bridgehead atoms. The number of carbonyl (C=O) groups excluding carboxylic acids is 1. The van der Waals surface area contributed by atoms with Crippen molar-refractivity contribution >= 4 is 33.0 Å². The number of nitrogens with zero attached hydrogens (tertiary/aromatic N) is 2. The summed E-state index contributed by atoms with van der Waals surface area (Å²) in [5, 5.41) is 1.76. The highest BCUT2D eigenvalue weighted by atomic mass is 32.2. The van der Waals surface area contributed by atoms with Crippen molar-refractivity contribution in [2.75, 3.05) is 11.0 Å². The molecule has 0 atom stereocenters. The van der Waals surface area contributed by atoms with Crippen molar-refractivity contribution in [1.82, 2.24) is 4.57 Å². The summed E-state index contributed by atoms with van der Waals surface area (Å²) in [5.74, 6) is -0.843. The van der Waals surface area contributed by atoms with Crippen LogP contribution in [0.15, 0.2) is 65.1 Å². The van der Waals surface area contributed by atoms with Crippen LogP contribution in [0, 0.1) is 5.82 Å². The molecule has 0 aliphatic heterocycles. The van der Waals surface area contributed by atoms with Crippen LogP contribution in [0.1, 0.15) is 15.9 Å². The number of amides is 1. The minimum atomic E-state index is -3.44. The Hall–Kier alpha value is -2.78. The van der Waals surface area contributed by atoms with E-state index in [0.717, 1.165) is 6.26 Å². The first kappa shape index (κ1) is 19.0. The topological polar surface area (TPSA) is 80.5 Å². The monoisotopic (exact) mass is 405 g/mol. The van der Waals surface area contributed by atoms with E-state index in [0.29, 0.717) is 10.4 Å². The van der Waals surface area contributed by atoms with E-state index in [9.17, 15) is 17.6 Å². The quantitative estimate of drug-likeness (QED) is 0.709. The summed E-state index contributed by atoms with van der Waals surface area (Å²) in [6.07, 6.45) is 2.76. The third kappa shape index (κ3) is 5.11. The lowest BCUT2D eigenvalue weighted by atomic mass is 10.2. The lowest BCUT2D eigenvalue weighted by Gasteiger charge is -2.05. The molecule has 0 saturated carbocycles. The summed E-state index contributed by atoms with van der Waals surface area (Å²) in [6.45, 7) is 0.248. The second-order valence-corrected chi connectivity index (χ2v) is 8.40. The molecule has 2 aromatic carbocycles. The van der Waals surface area contributed by atoms with E-state index in [2.05, 4.69) is 9.71 Å². The zero-order valence-electron chi connectivity index (χ0n) is 14.3. The van der Waals surface area contributed by atoms with Crippen LogP contribution in [-0.4, -0.2) is 25.1 Å². The van der Waals surface area contributed by atoms with Gasteiger partial charge in [0.1, 0.15) is 5.82 Å². The first-order chi connectivity index (χ1) is 12.8. The van der Waals surface area contributed by atoms with E-state index in [4.69, 9.17) is 0 Å². The lowest BCUT2D eigenvalue weighted by molar-refractivity contribution is 0.0998. The molecule has 0 unspecified atom stereocenters. The number of benzene rings is 2. The highest BCUT2D eigenvalue weighted by molar-refractivity contribution is 7.92. The zero-order chi connectivity index (χ0) is 19.4. The van der Waals surface area contributed by atoms with Crippen molar-refractivity contribution in [1.29, 1.82) is 0 Å². The average Bonchev–Trinajstić information content (AvgIpc) is 3.02. The number of anilines is 1. The third-order valence-corrected chi connectivity index (χ3v) is 4.97. The van der Waals surface area contributed by atoms with Gasteiger partial charge in [-0.3, -0.25) is 9.52 Å². The number of halogens is 1. The Morgan fingerprint density at radius 1 is 1.22 bits per heavy atom. The Bertz CT molecular complexity index is 1150. The van der Waals surface area contributed by atoms with E-state index in [1.807, 2.05) is 0 Å². The summed E-state index contributed by atoms with van der Waals surface area (Å²) >= 11 is 1.25. The molecular weight excluding hydrogens is 389 g/mol. The molecule has 0 fully saturated rings. The molecule has 0 radical (unpaired) electrons. The van der Waals surface area contributed by atoms with Gasteiger partial charge in [0.15, 0.2) is 4.80 Å². The molecule has 6 nitrogen and oxygen atoms in total. The van der Waals surface area contributed by atoms with Gasteiger partial charge in [-0.2, -0.15) is 4.99 Å². The van der Waals surface area contributed by atoms with Gasteiger partial charge >= 0.3 is 0 Å².